The van der Waals surface area contributed by atoms with Gasteiger partial charge in [-0.05, 0) is 12.5 Å². The van der Waals surface area contributed by atoms with Crippen molar-refractivity contribution >= 4 is 13.3 Å². The quantitative estimate of drug-likeness (QED) is 0.469. The number of alkyl halides is 6. The average molecular weight is 284 g/mol. The molecule has 0 saturated heterocycles. The van der Waals surface area contributed by atoms with Gasteiger partial charge in [0.05, 0.1) is 12.2 Å². The van der Waals surface area contributed by atoms with Crippen molar-refractivity contribution in [2.75, 3.05) is 6.61 Å². The van der Waals surface area contributed by atoms with Gasteiger partial charge in [0.25, 0.3) is 0 Å². The summed E-state index contributed by atoms with van der Waals surface area (Å²) < 4.78 is 78.4. The second-order valence-corrected chi connectivity index (χ2v) is 4.06. The minimum atomic E-state index is -4.59. The molecule has 0 aliphatic rings. The first-order chi connectivity index (χ1) is 8.59. The molecular weight excluding hydrogens is 273 g/mol. The first kappa shape index (κ1) is 15.7. The van der Waals surface area contributed by atoms with Gasteiger partial charge in [-0.2, -0.15) is 26.3 Å². The van der Waals surface area contributed by atoms with Gasteiger partial charge in [-0.3, -0.25) is 0 Å². The van der Waals surface area contributed by atoms with Gasteiger partial charge in [-0.1, -0.05) is 17.6 Å². The fraction of sp³-hybridized carbons (Fsp3) is 0.455. The van der Waals surface area contributed by atoms with Crippen LogP contribution in [0.5, 0.6) is 5.75 Å². The molecule has 0 bridgehead atoms. The van der Waals surface area contributed by atoms with E-state index in [0.29, 0.717) is 5.46 Å². The van der Waals surface area contributed by atoms with Crippen LogP contribution in [-0.2, 0) is 6.18 Å². The fourth-order valence-electron chi connectivity index (χ4n) is 1.45. The highest BCUT2D eigenvalue weighted by atomic mass is 19.4. The van der Waals surface area contributed by atoms with Crippen molar-refractivity contribution in [1.82, 2.24) is 0 Å². The largest absolute Gasteiger partial charge is 0.493 e. The van der Waals surface area contributed by atoms with E-state index < -0.39 is 36.7 Å². The summed E-state index contributed by atoms with van der Waals surface area (Å²) in [7, 11) is 1.49. The van der Waals surface area contributed by atoms with Crippen molar-refractivity contribution < 1.29 is 31.1 Å². The molecule has 0 aliphatic carbocycles. The van der Waals surface area contributed by atoms with Crippen LogP contribution in [0.3, 0.4) is 0 Å². The predicted octanol–water partition coefficient (Wildman–Crippen LogP) is 2.69. The van der Waals surface area contributed by atoms with Crippen LogP contribution in [0, 0.1) is 0 Å². The Bertz CT molecular complexity index is 426. The Hall–Kier alpha value is -1.34. The van der Waals surface area contributed by atoms with Gasteiger partial charge in [-0.15, -0.1) is 0 Å². The highest BCUT2D eigenvalue weighted by molar-refractivity contribution is 6.32. The zero-order chi connectivity index (χ0) is 14.7. The zero-order valence-electron chi connectivity index (χ0n) is 10.0. The topological polar surface area (TPSA) is 9.23 Å². The number of hydrogen-bond donors (Lipinski definition) is 0. The summed E-state index contributed by atoms with van der Waals surface area (Å²) in [6.07, 6.45) is -10.4. The minimum absolute atomic E-state index is 0.380. The molecule has 1 rings (SSSR count). The molecule has 0 amide bonds. The number of benzene rings is 1. The van der Waals surface area contributed by atoms with Gasteiger partial charge in [0.1, 0.15) is 13.6 Å². The van der Waals surface area contributed by atoms with Crippen LogP contribution in [0.2, 0.25) is 0 Å². The Morgan fingerprint density at radius 3 is 2.21 bits per heavy atom. The van der Waals surface area contributed by atoms with Crippen LogP contribution in [0.25, 0.3) is 0 Å². The van der Waals surface area contributed by atoms with Crippen molar-refractivity contribution in [2.45, 2.75) is 25.2 Å². The molecule has 1 aromatic rings. The van der Waals surface area contributed by atoms with E-state index in [1.54, 1.807) is 0 Å². The first-order valence-corrected chi connectivity index (χ1v) is 5.47. The van der Waals surface area contributed by atoms with E-state index in [9.17, 15) is 26.3 Å². The smallest absolute Gasteiger partial charge is 0.419 e. The van der Waals surface area contributed by atoms with Crippen LogP contribution in [0.4, 0.5) is 26.3 Å². The third-order valence-electron chi connectivity index (χ3n) is 2.30. The Labute approximate surface area is 107 Å². The summed E-state index contributed by atoms with van der Waals surface area (Å²) in [6, 6.07) is 3.43. The number of hydrogen-bond acceptors (Lipinski definition) is 1. The normalized spacial score (nSPS) is 12.5. The lowest BCUT2D eigenvalue weighted by Gasteiger charge is -2.15. The van der Waals surface area contributed by atoms with E-state index in [0.717, 1.165) is 12.1 Å². The summed E-state index contributed by atoms with van der Waals surface area (Å²) in [6.45, 7) is -0.411. The first-order valence-electron chi connectivity index (χ1n) is 5.47. The van der Waals surface area contributed by atoms with E-state index >= 15 is 0 Å². The molecule has 19 heavy (non-hydrogen) atoms. The number of halogens is 6. The lowest BCUT2D eigenvalue weighted by molar-refractivity contribution is -0.141. The third kappa shape index (κ3) is 5.44. The highest BCUT2D eigenvalue weighted by Crippen LogP contribution is 2.35. The standard InChI is InChI=1S/C11H11BF6O/c12-7-2-3-9(8(6-7)11(16,17)18)19-5-1-4-10(13,14)15/h2-3,6H,1,4-5,12H2. The van der Waals surface area contributed by atoms with Crippen LogP contribution >= 0.6 is 0 Å². The second kappa shape index (κ2) is 5.75. The van der Waals surface area contributed by atoms with Crippen molar-refractivity contribution in [3.63, 3.8) is 0 Å². The van der Waals surface area contributed by atoms with E-state index in [4.69, 9.17) is 4.74 Å². The predicted molar refractivity (Wildman–Crippen MR) is 60.4 cm³/mol. The molecule has 0 atom stereocenters. The molecule has 8 heteroatoms. The second-order valence-electron chi connectivity index (χ2n) is 4.06. The van der Waals surface area contributed by atoms with Crippen molar-refractivity contribution in [1.29, 1.82) is 0 Å². The molecule has 0 spiro atoms. The molecule has 0 aliphatic heterocycles. The lowest BCUT2D eigenvalue weighted by Crippen LogP contribution is -2.15. The Morgan fingerprint density at radius 2 is 1.68 bits per heavy atom. The van der Waals surface area contributed by atoms with Crippen molar-refractivity contribution in [2.24, 2.45) is 0 Å². The number of ether oxygens (including phenoxy) is 1. The van der Waals surface area contributed by atoms with Gasteiger partial charge in [0.2, 0.25) is 0 Å². The highest BCUT2D eigenvalue weighted by Gasteiger charge is 2.34. The van der Waals surface area contributed by atoms with Crippen LogP contribution in [0.1, 0.15) is 18.4 Å². The maximum atomic E-state index is 12.7. The van der Waals surface area contributed by atoms with Crippen molar-refractivity contribution in [3.05, 3.63) is 23.8 Å². The number of rotatable bonds is 4. The molecule has 0 radical (unpaired) electrons. The van der Waals surface area contributed by atoms with Crippen molar-refractivity contribution in [3.8, 4) is 5.75 Å². The molecule has 0 aromatic heterocycles. The van der Waals surface area contributed by atoms with Gasteiger partial charge in [0.15, 0.2) is 0 Å². The average Bonchev–Trinajstić information content (AvgIpc) is 2.23. The lowest BCUT2D eigenvalue weighted by atomic mass is 9.94. The van der Waals surface area contributed by atoms with Gasteiger partial charge >= 0.3 is 12.4 Å². The molecular formula is C11H11BF6O. The minimum Gasteiger partial charge on any atom is -0.493 e. The van der Waals surface area contributed by atoms with Gasteiger partial charge in [0, 0.05) is 6.42 Å². The molecule has 0 heterocycles. The van der Waals surface area contributed by atoms with E-state index in [-0.39, 0.29) is 6.42 Å². The zero-order valence-corrected chi connectivity index (χ0v) is 10.0. The van der Waals surface area contributed by atoms with E-state index in [1.807, 2.05) is 0 Å². The Morgan fingerprint density at radius 1 is 1.05 bits per heavy atom. The van der Waals surface area contributed by atoms with E-state index in [1.165, 1.54) is 13.9 Å². The Kier molecular flexibility index (Phi) is 4.76. The maximum absolute atomic E-state index is 12.7. The summed E-state index contributed by atoms with van der Waals surface area (Å²) >= 11 is 0. The summed E-state index contributed by atoms with van der Waals surface area (Å²) in [5, 5.41) is 0. The molecule has 0 fully saturated rings. The monoisotopic (exact) mass is 284 g/mol. The Balaban J connectivity index is 2.68. The third-order valence-corrected chi connectivity index (χ3v) is 2.30. The maximum Gasteiger partial charge on any atom is 0.419 e. The van der Waals surface area contributed by atoms with Gasteiger partial charge in [-0.25, -0.2) is 0 Å². The molecule has 0 unspecified atom stereocenters. The summed E-state index contributed by atoms with van der Waals surface area (Å²) in [5.74, 6) is -0.444. The fourth-order valence-corrected chi connectivity index (χ4v) is 1.45. The molecule has 0 saturated carbocycles. The van der Waals surface area contributed by atoms with E-state index in [2.05, 4.69) is 0 Å². The molecule has 1 aromatic carbocycles. The van der Waals surface area contributed by atoms with Crippen LogP contribution in [-0.4, -0.2) is 20.6 Å². The van der Waals surface area contributed by atoms with Crippen LogP contribution < -0.4 is 10.2 Å². The molecule has 0 N–H and O–H groups in total. The summed E-state index contributed by atoms with van der Waals surface area (Å²) in [5.41, 5.74) is -0.575. The summed E-state index contributed by atoms with van der Waals surface area (Å²) in [4.78, 5) is 0. The van der Waals surface area contributed by atoms with Gasteiger partial charge < -0.3 is 4.74 Å². The molecule has 1 nitrogen and oxygen atoms in total. The molecule has 106 valence electrons. The van der Waals surface area contributed by atoms with Crippen LogP contribution in [0.15, 0.2) is 18.2 Å². The SMILES string of the molecule is Bc1ccc(OCCCC(F)(F)F)c(C(F)(F)F)c1.